The van der Waals surface area contributed by atoms with Crippen molar-refractivity contribution in [2.24, 2.45) is 0 Å². The molecule has 0 bridgehead atoms. The summed E-state index contributed by atoms with van der Waals surface area (Å²) in [5.74, 6) is -0.0282. The van der Waals surface area contributed by atoms with Crippen molar-refractivity contribution in [2.75, 3.05) is 27.2 Å². The van der Waals surface area contributed by atoms with Crippen LogP contribution in [0.25, 0.3) is 0 Å². The second kappa shape index (κ2) is 7.51. The van der Waals surface area contributed by atoms with Crippen LogP contribution in [0.4, 0.5) is 4.79 Å². The Bertz CT molecular complexity index is 890. The van der Waals surface area contributed by atoms with Gasteiger partial charge in [-0.25, -0.2) is 4.79 Å². The third kappa shape index (κ3) is 3.61. The van der Waals surface area contributed by atoms with E-state index in [9.17, 15) is 9.59 Å². The van der Waals surface area contributed by atoms with E-state index in [0.29, 0.717) is 11.6 Å². The molecule has 0 radical (unpaired) electrons. The van der Waals surface area contributed by atoms with Crippen molar-refractivity contribution < 1.29 is 9.59 Å². The van der Waals surface area contributed by atoms with E-state index in [2.05, 4.69) is 10.6 Å². The predicted molar refractivity (Wildman–Crippen MR) is 108 cm³/mol. The molecule has 1 saturated carbocycles. The zero-order chi connectivity index (χ0) is 19.8. The fourth-order valence-corrected chi connectivity index (χ4v) is 4.11. The highest BCUT2D eigenvalue weighted by atomic mass is 35.5. The van der Waals surface area contributed by atoms with Crippen LogP contribution in [0.1, 0.15) is 30.1 Å². The smallest absolute Gasteiger partial charge is 0.320 e. The topological polar surface area (TPSA) is 48.8 Å². The van der Waals surface area contributed by atoms with Crippen molar-refractivity contribution in [2.45, 2.75) is 31.5 Å². The molecule has 1 fully saturated rings. The van der Waals surface area contributed by atoms with E-state index in [0.717, 1.165) is 30.6 Å². The molecule has 0 spiro atoms. The van der Waals surface area contributed by atoms with Crippen molar-refractivity contribution in [3.63, 3.8) is 0 Å². The Balaban J connectivity index is 1.63. The first kappa shape index (κ1) is 18.9. The molecule has 1 unspecified atom stereocenters. The molecule has 3 amide bonds. The van der Waals surface area contributed by atoms with Crippen molar-refractivity contribution in [3.05, 3.63) is 58.9 Å². The Morgan fingerprint density at radius 3 is 2.61 bits per heavy atom. The summed E-state index contributed by atoms with van der Waals surface area (Å²) < 4.78 is 2.18. The quantitative estimate of drug-likeness (QED) is 0.791. The van der Waals surface area contributed by atoms with Crippen molar-refractivity contribution in [1.82, 2.24) is 19.3 Å². The van der Waals surface area contributed by atoms with Gasteiger partial charge in [0.25, 0.3) is 0 Å². The Morgan fingerprint density at radius 1 is 1.14 bits per heavy atom. The molecular formula is C21H25ClN4O2. The summed E-state index contributed by atoms with van der Waals surface area (Å²) in [4.78, 5) is 31.0. The first-order valence-electron chi connectivity index (χ1n) is 9.63. The van der Waals surface area contributed by atoms with Crippen molar-refractivity contribution in [3.8, 4) is 0 Å². The monoisotopic (exact) mass is 400 g/mol. The summed E-state index contributed by atoms with van der Waals surface area (Å²) in [6.07, 6.45) is 3.97. The minimum atomic E-state index is -0.203. The van der Waals surface area contributed by atoms with Gasteiger partial charge in [-0.2, -0.15) is 0 Å². The molecule has 1 atom stereocenters. The molecule has 2 aliphatic rings. The lowest BCUT2D eigenvalue weighted by Crippen LogP contribution is -2.50. The number of hydrogen-bond donors (Lipinski definition) is 0. The summed E-state index contributed by atoms with van der Waals surface area (Å²) in [6, 6.07) is 11.6. The van der Waals surface area contributed by atoms with Crippen LogP contribution >= 0.6 is 11.6 Å². The van der Waals surface area contributed by atoms with Crippen LogP contribution in [-0.4, -0.2) is 64.4 Å². The van der Waals surface area contributed by atoms with Gasteiger partial charge < -0.3 is 19.3 Å². The second-order valence-corrected chi connectivity index (χ2v) is 8.14. The zero-order valence-corrected chi connectivity index (χ0v) is 17.0. The number of carbonyl (C=O) groups excluding carboxylic acids is 2. The highest BCUT2D eigenvalue weighted by Crippen LogP contribution is 2.34. The first-order chi connectivity index (χ1) is 13.5. The molecule has 1 aliphatic carbocycles. The number of urea groups is 1. The normalized spacial score (nSPS) is 18.5. The maximum Gasteiger partial charge on any atom is 0.320 e. The van der Waals surface area contributed by atoms with Gasteiger partial charge in [-0.05, 0) is 42.7 Å². The third-order valence-electron chi connectivity index (χ3n) is 5.44. The zero-order valence-electron chi connectivity index (χ0n) is 16.2. The van der Waals surface area contributed by atoms with Crippen LogP contribution in [0, 0.1) is 0 Å². The van der Waals surface area contributed by atoms with Gasteiger partial charge >= 0.3 is 6.03 Å². The molecule has 0 N–H and O–H groups in total. The van der Waals surface area contributed by atoms with Gasteiger partial charge in [0, 0.05) is 50.1 Å². The van der Waals surface area contributed by atoms with Gasteiger partial charge in [0.1, 0.15) is 6.54 Å². The molecule has 28 heavy (non-hydrogen) atoms. The van der Waals surface area contributed by atoms with E-state index < -0.39 is 0 Å². The van der Waals surface area contributed by atoms with Crippen LogP contribution < -0.4 is 0 Å². The number of amides is 3. The molecule has 0 saturated heterocycles. The van der Waals surface area contributed by atoms with Crippen molar-refractivity contribution in [1.29, 1.82) is 0 Å². The van der Waals surface area contributed by atoms with Gasteiger partial charge in [0.05, 0.1) is 6.04 Å². The molecule has 7 heteroatoms. The largest absolute Gasteiger partial charge is 0.348 e. The number of aromatic nitrogens is 1. The summed E-state index contributed by atoms with van der Waals surface area (Å²) in [5, 5.41) is 0.649. The Labute approximate surface area is 170 Å². The van der Waals surface area contributed by atoms with Gasteiger partial charge in [0.2, 0.25) is 5.91 Å². The predicted octanol–water partition coefficient (Wildman–Crippen LogP) is 3.22. The summed E-state index contributed by atoms with van der Waals surface area (Å²) >= 11 is 6.23. The molecule has 1 aromatic heterocycles. The highest BCUT2D eigenvalue weighted by molar-refractivity contribution is 6.30. The first-order valence-corrected chi connectivity index (χ1v) is 10.0. The number of nitrogens with zero attached hydrogens (tertiary/aromatic N) is 4. The minimum Gasteiger partial charge on any atom is -0.348 e. The lowest BCUT2D eigenvalue weighted by molar-refractivity contribution is -0.134. The molecule has 148 valence electrons. The third-order valence-corrected chi connectivity index (χ3v) is 5.68. The minimum absolute atomic E-state index is 0.0282. The molecule has 1 aromatic carbocycles. The highest BCUT2D eigenvalue weighted by Gasteiger charge is 2.38. The number of benzene rings is 1. The lowest BCUT2D eigenvalue weighted by Gasteiger charge is -2.38. The van der Waals surface area contributed by atoms with Crippen LogP contribution in [0.5, 0.6) is 0 Å². The molecule has 6 nitrogen and oxygen atoms in total. The van der Waals surface area contributed by atoms with Crippen LogP contribution in [0.3, 0.4) is 0 Å². The van der Waals surface area contributed by atoms with Gasteiger partial charge in [-0.1, -0.05) is 23.7 Å². The number of carbonyl (C=O) groups is 2. The fourth-order valence-electron chi connectivity index (χ4n) is 3.91. The van der Waals surface area contributed by atoms with Crippen LogP contribution in [-0.2, 0) is 11.3 Å². The number of fused-ring (bicyclic) bond motifs is 1. The van der Waals surface area contributed by atoms with E-state index in [-0.39, 0.29) is 30.6 Å². The van der Waals surface area contributed by atoms with Crippen LogP contribution in [0.15, 0.2) is 42.6 Å². The fraction of sp³-hybridized carbons (Fsp3) is 0.429. The molecule has 2 heterocycles. The molecule has 4 rings (SSSR count). The number of rotatable bonds is 4. The summed E-state index contributed by atoms with van der Waals surface area (Å²) in [5.41, 5.74) is 2.05. The standard InChI is InChI=1S/C21H25ClN4O2/c1-23(2)21(28)26(17-8-9-17)14-19(27)25-12-11-24-10-4-7-18(24)20(25)15-5-3-6-16(22)13-15/h3-7,10,13,17,20H,8-9,11-12,14H2,1-2H3. The Kier molecular flexibility index (Phi) is 5.06. The second-order valence-electron chi connectivity index (χ2n) is 7.71. The number of hydrogen-bond acceptors (Lipinski definition) is 2. The van der Waals surface area contributed by atoms with Gasteiger partial charge in [0.15, 0.2) is 0 Å². The van der Waals surface area contributed by atoms with Crippen LogP contribution in [0.2, 0.25) is 5.02 Å². The average molecular weight is 401 g/mol. The molecule has 1 aliphatic heterocycles. The average Bonchev–Trinajstić information content (AvgIpc) is 3.40. The lowest BCUT2D eigenvalue weighted by atomic mass is 9.99. The summed E-state index contributed by atoms with van der Waals surface area (Å²) in [6.45, 7) is 1.46. The maximum absolute atomic E-state index is 13.3. The maximum atomic E-state index is 13.3. The SMILES string of the molecule is CN(C)C(=O)N(CC(=O)N1CCn2cccc2C1c1cccc(Cl)c1)C1CC1. The van der Waals surface area contributed by atoms with E-state index in [1.807, 2.05) is 41.4 Å². The van der Waals surface area contributed by atoms with E-state index in [4.69, 9.17) is 11.6 Å². The Morgan fingerprint density at radius 2 is 1.93 bits per heavy atom. The summed E-state index contributed by atoms with van der Waals surface area (Å²) in [7, 11) is 3.45. The van der Waals surface area contributed by atoms with E-state index >= 15 is 0 Å². The van der Waals surface area contributed by atoms with E-state index in [1.165, 1.54) is 0 Å². The van der Waals surface area contributed by atoms with E-state index in [1.54, 1.807) is 23.9 Å². The Hall–Kier alpha value is -2.47. The van der Waals surface area contributed by atoms with Crippen molar-refractivity contribution >= 4 is 23.5 Å². The van der Waals surface area contributed by atoms with Gasteiger partial charge in [-0.3, -0.25) is 4.79 Å². The number of halogens is 1. The molecule has 2 aromatic rings. The molecular weight excluding hydrogens is 376 g/mol. The van der Waals surface area contributed by atoms with Gasteiger partial charge in [-0.15, -0.1) is 0 Å².